The first-order valence-electron chi connectivity index (χ1n) is 6.15. The average Bonchev–Trinajstić information content (AvgIpc) is 3.02. The number of aromatic nitrogens is 1. The van der Waals surface area contributed by atoms with Crippen molar-refractivity contribution >= 4 is 11.5 Å². The predicted molar refractivity (Wildman–Crippen MR) is 68.5 cm³/mol. The average molecular weight is 219 g/mol. The lowest BCUT2D eigenvalue weighted by molar-refractivity contribution is 0.568. The zero-order valence-electron chi connectivity index (χ0n) is 10.2. The van der Waals surface area contributed by atoms with Crippen LogP contribution in [0.1, 0.15) is 33.1 Å². The molecule has 16 heavy (non-hydrogen) atoms. The number of rotatable bonds is 5. The molecule has 1 aliphatic rings. The summed E-state index contributed by atoms with van der Waals surface area (Å²) >= 11 is 0. The second-order valence-corrected chi connectivity index (χ2v) is 5.05. The monoisotopic (exact) mass is 219 g/mol. The molecule has 88 valence electrons. The van der Waals surface area contributed by atoms with Crippen LogP contribution in [-0.4, -0.2) is 17.6 Å². The Hall–Kier alpha value is -1.25. The first-order chi connectivity index (χ1) is 7.66. The smallest absolute Gasteiger partial charge is 0.130 e. The molecule has 0 radical (unpaired) electrons. The van der Waals surface area contributed by atoms with Gasteiger partial charge in [-0.2, -0.15) is 0 Å². The van der Waals surface area contributed by atoms with Crippen LogP contribution in [-0.2, 0) is 0 Å². The molecule has 2 rings (SSSR count). The zero-order chi connectivity index (χ0) is 11.5. The van der Waals surface area contributed by atoms with Crippen molar-refractivity contribution in [3.8, 4) is 0 Å². The minimum absolute atomic E-state index is 0.702. The van der Waals surface area contributed by atoms with Gasteiger partial charge in [0.25, 0.3) is 0 Å². The summed E-state index contributed by atoms with van der Waals surface area (Å²) < 4.78 is 0. The fraction of sp³-hybridized carbons (Fsp3) is 0.615. The summed E-state index contributed by atoms with van der Waals surface area (Å²) in [7, 11) is 0. The summed E-state index contributed by atoms with van der Waals surface area (Å²) in [5.41, 5.74) is 6.61. The maximum absolute atomic E-state index is 5.81. The van der Waals surface area contributed by atoms with Crippen molar-refractivity contribution < 1.29 is 0 Å². The van der Waals surface area contributed by atoms with Gasteiger partial charge < -0.3 is 10.6 Å². The molecule has 1 heterocycles. The molecule has 0 atom stereocenters. The normalized spacial score (nSPS) is 15.4. The first kappa shape index (κ1) is 11.2. The number of nitrogen functional groups attached to an aromatic ring is 1. The van der Waals surface area contributed by atoms with Crippen molar-refractivity contribution in [2.45, 2.75) is 39.2 Å². The molecule has 1 aliphatic carbocycles. The van der Waals surface area contributed by atoms with Crippen LogP contribution >= 0.6 is 0 Å². The van der Waals surface area contributed by atoms with Gasteiger partial charge in [0.05, 0.1) is 0 Å². The van der Waals surface area contributed by atoms with Crippen LogP contribution in [0.2, 0.25) is 0 Å². The van der Waals surface area contributed by atoms with Gasteiger partial charge in [0.2, 0.25) is 0 Å². The van der Waals surface area contributed by atoms with E-state index in [0.29, 0.717) is 6.04 Å². The number of hydrogen-bond acceptors (Lipinski definition) is 3. The topological polar surface area (TPSA) is 42.1 Å². The highest BCUT2D eigenvalue weighted by molar-refractivity contribution is 5.51. The van der Waals surface area contributed by atoms with E-state index < -0.39 is 0 Å². The Morgan fingerprint density at radius 1 is 1.50 bits per heavy atom. The van der Waals surface area contributed by atoms with Gasteiger partial charge in [-0.25, -0.2) is 4.98 Å². The van der Waals surface area contributed by atoms with Gasteiger partial charge in [-0.1, -0.05) is 13.8 Å². The van der Waals surface area contributed by atoms with Crippen molar-refractivity contribution in [2.75, 3.05) is 17.2 Å². The van der Waals surface area contributed by atoms with Gasteiger partial charge in [-0.05, 0) is 31.2 Å². The standard InChI is InChI=1S/C13H21N3/c1-10(2)6-8-16(12-3-4-12)13-9-11(14)5-7-15-13/h5,7,9-10,12H,3-4,6,8H2,1-2H3,(H2,14,15). The number of hydrogen-bond donors (Lipinski definition) is 1. The van der Waals surface area contributed by atoms with E-state index in [0.717, 1.165) is 24.0 Å². The Balaban J connectivity index is 2.06. The predicted octanol–water partition coefficient (Wildman–Crippen LogP) is 2.68. The van der Waals surface area contributed by atoms with Crippen LogP contribution in [0.4, 0.5) is 11.5 Å². The Morgan fingerprint density at radius 3 is 2.81 bits per heavy atom. The van der Waals surface area contributed by atoms with Gasteiger partial charge in [-0.3, -0.25) is 0 Å². The highest BCUT2D eigenvalue weighted by Crippen LogP contribution is 2.31. The molecule has 1 aromatic rings. The second kappa shape index (κ2) is 4.73. The molecule has 1 fully saturated rings. The minimum Gasteiger partial charge on any atom is -0.399 e. The SMILES string of the molecule is CC(C)CCN(c1cc(N)ccn1)C1CC1. The Bertz CT molecular complexity index is 345. The van der Waals surface area contributed by atoms with Crippen LogP contribution in [0, 0.1) is 5.92 Å². The Labute approximate surface area is 97.7 Å². The van der Waals surface area contributed by atoms with Gasteiger partial charge in [0.15, 0.2) is 0 Å². The Kier molecular flexibility index (Phi) is 3.32. The number of nitrogens with zero attached hydrogens (tertiary/aromatic N) is 2. The highest BCUT2D eigenvalue weighted by Gasteiger charge is 2.29. The molecule has 0 amide bonds. The third kappa shape index (κ3) is 2.87. The lowest BCUT2D eigenvalue weighted by atomic mass is 10.1. The van der Waals surface area contributed by atoms with Crippen LogP contribution < -0.4 is 10.6 Å². The van der Waals surface area contributed by atoms with Crippen molar-refractivity contribution in [2.24, 2.45) is 5.92 Å². The summed E-state index contributed by atoms with van der Waals surface area (Å²) in [4.78, 5) is 6.84. The molecular formula is C13H21N3. The van der Waals surface area contributed by atoms with E-state index in [-0.39, 0.29) is 0 Å². The van der Waals surface area contributed by atoms with Crippen LogP contribution in [0.15, 0.2) is 18.3 Å². The number of anilines is 2. The lowest BCUT2D eigenvalue weighted by Crippen LogP contribution is -2.28. The van der Waals surface area contributed by atoms with Crippen molar-refractivity contribution in [3.05, 3.63) is 18.3 Å². The van der Waals surface area contributed by atoms with Gasteiger partial charge in [0, 0.05) is 30.5 Å². The second-order valence-electron chi connectivity index (χ2n) is 5.05. The van der Waals surface area contributed by atoms with Crippen LogP contribution in [0.25, 0.3) is 0 Å². The molecule has 0 bridgehead atoms. The summed E-state index contributed by atoms with van der Waals surface area (Å²) in [6.07, 6.45) is 5.62. The van der Waals surface area contributed by atoms with Crippen molar-refractivity contribution in [1.82, 2.24) is 4.98 Å². The van der Waals surface area contributed by atoms with E-state index in [4.69, 9.17) is 5.73 Å². The summed E-state index contributed by atoms with van der Waals surface area (Å²) in [5.74, 6) is 1.78. The molecule has 0 unspecified atom stereocenters. The molecule has 1 saturated carbocycles. The highest BCUT2D eigenvalue weighted by atomic mass is 15.2. The van der Waals surface area contributed by atoms with Gasteiger partial charge in [0.1, 0.15) is 5.82 Å². The zero-order valence-corrected chi connectivity index (χ0v) is 10.2. The molecule has 0 aliphatic heterocycles. The fourth-order valence-corrected chi connectivity index (χ4v) is 1.86. The van der Waals surface area contributed by atoms with Gasteiger partial charge >= 0.3 is 0 Å². The van der Waals surface area contributed by atoms with E-state index >= 15 is 0 Å². The number of nitrogens with two attached hydrogens (primary N) is 1. The largest absolute Gasteiger partial charge is 0.399 e. The summed E-state index contributed by atoms with van der Waals surface area (Å²) in [6.45, 7) is 5.62. The maximum atomic E-state index is 5.81. The minimum atomic E-state index is 0.702. The quantitative estimate of drug-likeness (QED) is 0.828. The summed E-state index contributed by atoms with van der Waals surface area (Å²) in [6, 6.07) is 4.53. The van der Waals surface area contributed by atoms with Gasteiger partial charge in [-0.15, -0.1) is 0 Å². The summed E-state index contributed by atoms with van der Waals surface area (Å²) in [5, 5.41) is 0. The van der Waals surface area contributed by atoms with Crippen molar-refractivity contribution in [3.63, 3.8) is 0 Å². The van der Waals surface area contributed by atoms with Crippen molar-refractivity contribution in [1.29, 1.82) is 0 Å². The molecule has 0 spiro atoms. The molecular weight excluding hydrogens is 198 g/mol. The third-order valence-corrected chi connectivity index (χ3v) is 3.00. The third-order valence-electron chi connectivity index (χ3n) is 3.00. The van der Waals surface area contributed by atoms with Crippen LogP contribution in [0.3, 0.4) is 0 Å². The van der Waals surface area contributed by atoms with E-state index in [1.165, 1.54) is 19.3 Å². The lowest BCUT2D eigenvalue weighted by Gasteiger charge is -2.24. The maximum Gasteiger partial charge on any atom is 0.130 e. The first-order valence-corrected chi connectivity index (χ1v) is 6.15. The fourth-order valence-electron chi connectivity index (χ4n) is 1.86. The van der Waals surface area contributed by atoms with E-state index in [2.05, 4.69) is 23.7 Å². The molecule has 3 nitrogen and oxygen atoms in total. The number of pyridine rings is 1. The molecule has 3 heteroatoms. The van der Waals surface area contributed by atoms with Crippen LogP contribution in [0.5, 0.6) is 0 Å². The van der Waals surface area contributed by atoms with E-state index in [1.54, 1.807) is 6.20 Å². The molecule has 0 aromatic carbocycles. The molecule has 2 N–H and O–H groups in total. The molecule has 1 aromatic heterocycles. The van der Waals surface area contributed by atoms with E-state index in [9.17, 15) is 0 Å². The van der Waals surface area contributed by atoms with E-state index in [1.807, 2.05) is 12.1 Å². The molecule has 0 saturated heterocycles. The Morgan fingerprint density at radius 2 is 2.25 bits per heavy atom.